The van der Waals surface area contributed by atoms with Gasteiger partial charge >= 0.3 is 0 Å². The second-order valence-electron chi connectivity index (χ2n) is 9.16. The molecule has 2 fully saturated rings. The Morgan fingerprint density at radius 1 is 1.09 bits per heavy atom. The summed E-state index contributed by atoms with van der Waals surface area (Å²) in [6.07, 6.45) is 6.92. The number of hydrogen-bond acceptors (Lipinski definition) is 5. The number of rotatable bonds is 10. The minimum Gasteiger partial charge on any atom is -0.455 e. The molecule has 0 radical (unpaired) electrons. The van der Waals surface area contributed by atoms with E-state index in [0.29, 0.717) is 31.4 Å². The minimum atomic E-state index is -0.207. The standard InChI is InChI=1S/C26H36FN3O3/c27-22-7-4-6-21(18-22)19-30(23-8-2-1-3-9-23)20-24-10-11-25(33-24)26(31)28-12-5-13-29-14-16-32-17-15-29/h4,6-7,10-11,18,23H,1-3,5,8-9,12-17,19-20H2,(H,28,31). The van der Waals surface area contributed by atoms with Crippen molar-refractivity contribution in [2.75, 3.05) is 39.4 Å². The van der Waals surface area contributed by atoms with Gasteiger partial charge in [0.25, 0.3) is 5.91 Å². The molecule has 7 heteroatoms. The van der Waals surface area contributed by atoms with Gasteiger partial charge in [0, 0.05) is 32.2 Å². The van der Waals surface area contributed by atoms with Crippen molar-refractivity contribution in [1.82, 2.24) is 15.1 Å². The predicted octanol–water partition coefficient (Wildman–Crippen LogP) is 4.21. The summed E-state index contributed by atoms with van der Waals surface area (Å²) in [6, 6.07) is 10.9. The van der Waals surface area contributed by atoms with Crippen molar-refractivity contribution in [1.29, 1.82) is 0 Å². The zero-order chi connectivity index (χ0) is 22.9. The van der Waals surface area contributed by atoms with E-state index in [1.807, 2.05) is 12.1 Å². The number of furan rings is 1. The van der Waals surface area contributed by atoms with Gasteiger partial charge in [-0.25, -0.2) is 4.39 Å². The number of hydrogen-bond donors (Lipinski definition) is 1. The van der Waals surface area contributed by atoms with Crippen LogP contribution in [0.1, 0.15) is 60.4 Å². The molecule has 0 bridgehead atoms. The molecular weight excluding hydrogens is 421 g/mol. The molecule has 180 valence electrons. The van der Waals surface area contributed by atoms with Gasteiger partial charge in [0.05, 0.1) is 19.8 Å². The molecule has 1 saturated carbocycles. The van der Waals surface area contributed by atoms with Gasteiger partial charge in [-0.05, 0) is 55.6 Å². The van der Waals surface area contributed by atoms with E-state index in [1.54, 1.807) is 18.2 Å². The lowest BCUT2D eigenvalue weighted by molar-refractivity contribution is 0.0374. The number of amides is 1. The highest BCUT2D eigenvalue weighted by atomic mass is 19.1. The van der Waals surface area contributed by atoms with Crippen molar-refractivity contribution < 1.29 is 18.3 Å². The van der Waals surface area contributed by atoms with Crippen LogP contribution in [0, 0.1) is 5.82 Å². The molecule has 0 spiro atoms. The van der Waals surface area contributed by atoms with E-state index in [1.165, 1.54) is 25.3 Å². The Kier molecular flexibility index (Phi) is 8.92. The number of halogens is 1. The van der Waals surface area contributed by atoms with Crippen LogP contribution in [0.5, 0.6) is 0 Å². The quantitative estimate of drug-likeness (QED) is 0.542. The highest BCUT2D eigenvalue weighted by Crippen LogP contribution is 2.26. The molecule has 1 aliphatic carbocycles. The Morgan fingerprint density at radius 3 is 2.70 bits per heavy atom. The molecule has 0 unspecified atom stereocenters. The molecule has 1 aromatic heterocycles. The number of nitrogens with zero attached hydrogens (tertiary/aromatic N) is 2. The van der Waals surface area contributed by atoms with E-state index in [9.17, 15) is 9.18 Å². The van der Waals surface area contributed by atoms with Crippen molar-refractivity contribution in [3.05, 3.63) is 59.3 Å². The van der Waals surface area contributed by atoms with E-state index in [4.69, 9.17) is 9.15 Å². The zero-order valence-electron chi connectivity index (χ0n) is 19.4. The lowest BCUT2D eigenvalue weighted by Gasteiger charge is -2.34. The molecule has 33 heavy (non-hydrogen) atoms. The highest BCUT2D eigenvalue weighted by molar-refractivity contribution is 5.91. The molecule has 2 aliphatic rings. The number of carbonyl (C=O) groups excluding carboxylic acids is 1. The van der Waals surface area contributed by atoms with Gasteiger partial charge in [0.2, 0.25) is 0 Å². The molecule has 1 saturated heterocycles. The Hall–Kier alpha value is -2.22. The average molecular weight is 458 g/mol. The van der Waals surface area contributed by atoms with Crippen molar-refractivity contribution in [2.45, 2.75) is 57.7 Å². The van der Waals surface area contributed by atoms with Crippen LogP contribution in [0.3, 0.4) is 0 Å². The van der Waals surface area contributed by atoms with Gasteiger partial charge in [-0.15, -0.1) is 0 Å². The Labute approximate surface area is 196 Å². The molecule has 2 aromatic rings. The van der Waals surface area contributed by atoms with Crippen LogP contribution in [0.2, 0.25) is 0 Å². The molecule has 0 atom stereocenters. The molecule has 2 heterocycles. The third-order valence-corrected chi connectivity index (χ3v) is 6.65. The number of morpholine rings is 1. The van der Waals surface area contributed by atoms with Crippen LogP contribution in [0.4, 0.5) is 4.39 Å². The third kappa shape index (κ3) is 7.39. The number of carbonyl (C=O) groups is 1. The molecule has 4 rings (SSSR count). The molecule has 1 aromatic carbocycles. The van der Waals surface area contributed by atoms with Crippen molar-refractivity contribution >= 4 is 5.91 Å². The lowest BCUT2D eigenvalue weighted by Crippen LogP contribution is -2.38. The Morgan fingerprint density at radius 2 is 1.91 bits per heavy atom. The number of ether oxygens (including phenoxy) is 1. The van der Waals surface area contributed by atoms with Crippen LogP contribution in [0.15, 0.2) is 40.8 Å². The van der Waals surface area contributed by atoms with Gasteiger partial charge < -0.3 is 14.5 Å². The third-order valence-electron chi connectivity index (χ3n) is 6.65. The smallest absolute Gasteiger partial charge is 0.286 e. The van der Waals surface area contributed by atoms with Gasteiger partial charge in [-0.1, -0.05) is 31.4 Å². The normalized spacial score (nSPS) is 18.0. The highest BCUT2D eigenvalue weighted by Gasteiger charge is 2.23. The molecule has 1 amide bonds. The Bertz CT molecular complexity index is 875. The summed E-state index contributed by atoms with van der Waals surface area (Å²) in [5.41, 5.74) is 0.963. The van der Waals surface area contributed by atoms with Gasteiger partial charge in [0.1, 0.15) is 11.6 Å². The van der Waals surface area contributed by atoms with E-state index in [0.717, 1.165) is 63.4 Å². The fraction of sp³-hybridized carbons (Fsp3) is 0.577. The van der Waals surface area contributed by atoms with Crippen molar-refractivity contribution in [3.63, 3.8) is 0 Å². The summed E-state index contributed by atoms with van der Waals surface area (Å²) in [4.78, 5) is 17.3. The molecule has 6 nitrogen and oxygen atoms in total. The maximum absolute atomic E-state index is 13.7. The van der Waals surface area contributed by atoms with Crippen LogP contribution in [-0.2, 0) is 17.8 Å². The van der Waals surface area contributed by atoms with Crippen LogP contribution < -0.4 is 5.32 Å². The van der Waals surface area contributed by atoms with Gasteiger partial charge in [-0.2, -0.15) is 0 Å². The first-order valence-electron chi connectivity index (χ1n) is 12.3. The van der Waals surface area contributed by atoms with Crippen LogP contribution in [-0.4, -0.2) is 61.1 Å². The first kappa shape index (κ1) is 23.9. The maximum Gasteiger partial charge on any atom is 0.286 e. The van der Waals surface area contributed by atoms with Crippen LogP contribution >= 0.6 is 0 Å². The van der Waals surface area contributed by atoms with E-state index in [-0.39, 0.29) is 11.7 Å². The Balaban J connectivity index is 1.30. The lowest BCUT2D eigenvalue weighted by atomic mass is 9.93. The zero-order valence-corrected chi connectivity index (χ0v) is 19.4. The minimum absolute atomic E-state index is 0.169. The molecular formula is C26H36FN3O3. The fourth-order valence-corrected chi connectivity index (χ4v) is 4.83. The maximum atomic E-state index is 13.7. The summed E-state index contributed by atoms with van der Waals surface area (Å²) in [5, 5.41) is 2.97. The summed E-state index contributed by atoms with van der Waals surface area (Å²) < 4.78 is 25.0. The predicted molar refractivity (Wildman–Crippen MR) is 125 cm³/mol. The summed E-state index contributed by atoms with van der Waals surface area (Å²) in [5.74, 6) is 0.750. The second-order valence-corrected chi connectivity index (χ2v) is 9.16. The number of nitrogens with one attached hydrogen (secondary N) is 1. The van der Waals surface area contributed by atoms with Crippen LogP contribution in [0.25, 0.3) is 0 Å². The van der Waals surface area contributed by atoms with Crippen molar-refractivity contribution in [3.8, 4) is 0 Å². The second kappa shape index (κ2) is 12.3. The SMILES string of the molecule is O=C(NCCCN1CCOCC1)c1ccc(CN(Cc2cccc(F)c2)C2CCCCC2)o1. The summed E-state index contributed by atoms with van der Waals surface area (Å²) >= 11 is 0. The number of benzene rings is 1. The first-order chi connectivity index (χ1) is 16.2. The molecule has 1 aliphatic heterocycles. The summed E-state index contributed by atoms with van der Waals surface area (Å²) in [6.45, 7) is 6.38. The van der Waals surface area contributed by atoms with E-state index >= 15 is 0 Å². The fourth-order valence-electron chi connectivity index (χ4n) is 4.83. The van der Waals surface area contributed by atoms with Gasteiger partial charge in [0.15, 0.2) is 5.76 Å². The first-order valence-corrected chi connectivity index (χ1v) is 12.3. The topological polar surface area (TPSA) is 58.0 Å². The van der Waals surface area contributed by atoms with E-state index < -0.39 is 0 Å². The summed E-state index contributed by atoms with van der Waals surface area (Å²) in [7, 11) is 0. The van der Waals surface area contributed by atoms with E-state index in [2.05, 4.69) is 15.1 Å². The van der Waals surface area contributed by atoms with Gasteiger partial charge in [-0.3, -0.25) is 14.6 Å². The largest absolute Gasteiger partial charge is 0.455 e. The molecule has 1 N–H and O–H groups in total. The van der Waals surface area contributed by atoms with Crippen molar-refractivity contribution in [2.24, 2.45) is 0 Å². The average Bonchev–Trinajstić information content (AvgIpc) is 3.31. The monoisotopic (exact) mass is 457 g/mol.